The van der Waals surface area contributed by atoms with Gasteiger partial charge in [-0.2, -0.15) is 5.26 Å². The molecule has 1 aliphatic rings. The van der Waals surface area contributed by atoms with Gasteiger partial charge in [-0.1, -0.05) is 41.7 Å². The lowest BCUT2D eigenvalue weighted by molar-refractivity contribution is -0.119. The standard InChI is InChI=1S/C17H18N4OS/c1-20(16(22)9-13-7-8-21(11-13)12-18)17-19-10-15(23-17)14-5-3-2-4-6-14/h2-6,10,13H,7-9,11H2,1H3/t13-/m1/s1. The van der Waals surface area contributed by atoms with Crippen LogP contribution in [0.5, 0.6) is 0 Å². The second-order valence-electron chi connectivity index (χ2n) is 5.73. The first-order valence-corrected chi connectivity index (χ1v) is 8.41. The van der Waals surface area contributed by atoms with Crippen molar-refractivity contribution >= 4 is 22.4 Å². The Kier molecular flexibility index (Phi) is 4.58. The molecule has 1 aromatic carbocycles. The van der Waals surface area contributed by atoms with E-state index in [-0.39, 0.29) is 11.8 Å². The van der Waals surface area contributed by atoms with E-state index in [4.69, 9.17) is 5.26 Å². The molecule has 0 radical (unpaired) electrons. The Hall–Kier alpha value is -2.39. The van der Waals surface area contributed by atoms with E-state index in [1.54, 1.807) is 16.8 Å². The highest BCUT2D eigenvalue weighted by atomic mass is 32.1. The number of benzene rings is 1. The Bertz CT molecular complexity index is 722. The van der Waals surface area contributed by atoms with Crippen molar-refractivity contribution < 1.29 is 4.79 Å². The first-order valence-electron chi connectivity index (χ1n) is 7.60. The molecule has 0 unspecified atom stereocenters. The van der Waals surface area contributed by atoms with Crippen LogP contribution in [0.1, 0.15) is 12.8 Å². The van der Waals surface area contributed by atoms with E-state index in [9.17, 15) is 4.79 Å². The van der Waals surface area contributed by atoms with Gasteiger partial charge in [0.1, 0.15) is 0 Å². The van der Waals surface area contributed by atoms with E-state index >= 15 is 0 Å². The van der Waals surface area contributed by atoms with Gasteiger partial charge in [-0.15, -0.1) is 0 Å². The number of likely N-dealkylation sites (tertiary alicyclic amines) is 1. The third kappa shape index (κ3) is 3.51. The van der Waals surface area contributed by atoms with Gasteiger partial charge in [-0.25, -0.2) is 4.98 Å². The van der Waals surface area contributed by atoms with Crippen molar-refractivity contribution in [1.29, 1.82) is 5.26 Å². The molecule has 23 heavy (non-hydrogen) atoms. The van der Waals surface area contributed by atoms with Crippen LogP contribution in [-0.4, -0.2) is 35.9 Å². The first kappa shape index (κ1) is 15.5. The number of hydrogen-bond acceptors (Lipinski definition) is 5. The monoisotopic (exact) mass is 326 g/mol. The molecule has 0 aliphatic carbocycles. The molecule has 1 aromatic heterocycles. The van der Waals surface area contributed by atoms with Gasteiger partial charge in [0.2, 0.25) is 5.91 Å². The summed E-state index contributed by atoms with van der Waals surface area (Å²) < 4.78 is 0. The normalized spacial score (nSPS) is 17.0. The maximum absolute atomic E-state index is 12.4. The Balaban J connectivity index is 1.64. The maximum Gasteiger partial charge on any atom is 0.228 e. The molecular weight excluding hydrogens is 308 g/mol. The molecule has 0 saturated carbocycles. The summed E-state index contributed by atoms with van der Waals surface area (Å²) in [6.07, 6.45) is 5.33. The van der Waals surface area contributed by atoms with Gasteiger partial charge in [0.15, 0.2) is 11.3 Å². The van der Waals surface area contributed by atoms with Gasteiger partial charge in [0.05, 0.1) is 4.88 Å². The summed E-state index contributed by atoms with van der Waals surface area (Å²) in [6.45, 7) is 1.44. The van der Waals surface area contributed by atoms with Crippen LogP contribution in [-0.2, 0) is 4.79 Å². The highest BCUT2D eigenvalue weighted by Crippen LogP contribution is 2.31. The van der Waals surface area contributed by atoms with E-state index in [1.165, 1.54) is 11.3 Å². The SMILES string of the molecule is CN(C(=O)C[C@H]1CCN(C#N)C1)c1ncc(-c2ccccc2)s1. The Morgan fingerprint density at radius 3 is 2.96 bits per heavy atom. The highest BCUT2D eigenvalue weighted by Gasteiger charge is 2.26. The van der Waals surface area contributed by atoms with Crippen LogP contribution in [0.25, 0.3) is 10.4 Å². The van der Waals surface area contributed by atoms with Gasteiger partial charge in [0, 0.05) is 32.8 Å². The smallest absolute Gasteiger partial charge is 0.228 e. The van der Waals surface area contributed by atoms with Crippen LogP contribution in [0.3, 0.4) is 0 Å². The average Bonchev–Trinajstić information content (AvgIpc) is 3.24. The molecular formula is C17H18N4OS. The molecule has 0 spiro atoms. The van der Waals surface area contributed by atoms with Crippen molar-refractivity contribution in [2.45, 2.75) is 12.8 Å². The third-order valence-corrected chi connectivity index (χ3v) is 5.23. The summed E-state index contributed by atoms with van der Waals surface area (Å²) in [4.78, 5) is 21.2. The van der Waals surface area contributed by atoms with Crippen molar-refractivity contribution in [3.8, 4) is 16.6 Å². The number of anilines is 1. The first-order chi connectivity index (χ1) is 11.2. The third-order valence-electron chi connectivity index (χ3n) is 4.10. The van der Waals surface area contributed by atoms with Gasteiger partial charge in [0.25, 0.3) is 0 Å². The number of rotatable bonds is 4. The van der Waals surface area contributed by atoms with E-state index in [2.05, 4.69) is 11.2 Å². The van der Waals surface area contributed by atoms with Crippen LogP contribution < -0.4 is 4.90 Å². The van der Waals surface area contributed by atoms with E-state index in [1.807, 2.05) is 36.5 Å². The minimum absolute atomic E-state index is 0.0590. The van der Waals surface area contributed by atoms with Gasteiger partial charge in [-0.3, -0.25) is 9.69 Å². The Morgan fingerprint density at radius 2 is 2.26 bits per heavy atom. The molecule has 1 fully saturated rings. The van der Waals surface area contributed by atoms with Crippen molar-refractivity contribution in [2.24, 2.45) is 5.92 Å². The van der Waals surface area contributed by atoms with Crippen molar-refractivity contribution in [1.82, 2.24) is 9.88 Å². The summed E-state index contributed by atoms with van der Waals surface area (Å²) in [5, 5.41) is 9.60. The molecule has 0 bridgehead atoms. The quantitative estimate of drug-likeness (QED) is 0.811. The minimum atomic E-state index is 0.0590. The van der Waals surface area contributed by atoms with Gasteiger partial charge in [-0.05, 0) is 17.9 Å². The lowest BCUT2D eigenvalue weighted by atomic mass is 10.0. The largest absolute Gasteiger partial charge is 0.310 e. The number of aromatic nitrogens is 1. The fraction of sp³-hybridized carbons (Fsp3) is 0.353. The molecule has 5 nitrogen and oxygen atoms in total. The van der Waals surface area contributed by atoms with Crippen molar-refractivity contribution in [2.75, 3.05) is 25.0 Å². The number of nitriles is 1. The molecule has 6 heteroatoms. The van der Waals surface area contributed by atoms with Crippen LogP contribution >= 0.6 is 11.3 Å². The lowest BCUT2D eigenvalue weighted by Gasteiger charge is -2.16. The number of carbonyl (C=O) groups is 1. The second kappa shape index (κ2) is 6.80. The molecule has 1 amide bonds. The fourth-order valence-electron chi connectivity index (χ4n) is 2.74. The van der Waals surface area contributed by atoms with Crippen molar-refractivity contribution in [3.05, 3.63) is 36.5 Å². The van der Waals surface area contributed by atoms with E-state index in [0.717, 1.165) is 23.4 Å². The van der Waals surface area contributed by atoms with E-state index in [0.29, 0.717) is 18.1 Å². The molecule has 0 N–H and O–H groups in total. The van der Waals surface area contributed by atoms with Gasteiger partial charge < -0.3 is 4.90 Å². The zero-order valence-electron chi connectivity index (χ0n) is 13.0. The topological polar surface area (TPSA) is 60.2 Å². The van der Waals surface area contributed by atoms with Crippen LogP contribution in [0, 0.1) is 17.4 Å². The summed E-state index contributed by atoms with van der Waals surface area (Å²) in [5.41, 5.74) is 1.11. The maximum atomic E-state index is 12.4. The predicted octanol–water partition coefficient (Wildman–Crippen LogP) is 2.97. The summed E-state index contributed by atoms with van der Waals surface area (Å²) in [5.74, 6) is 0.321. The lowest BCUT2D eigenvalue weighted by Crippen LogP contribution is -2.28. The van der Waals surface area contributed by atoms with Crippen LogP contribution in [0.4, 0.5) is 5.13 Å². The number of carbonyl (C=O) groups excluding carboxylic acids is 1. The zero-order chi connectivity index (χ0) is 16.2. The predicted molar refractivity (Wildman–Crippen MR) is 90.9 cm³/mol. The molecule has 3 rings (SSSR count). The number of hydrogen-bond donors (Lipinski definition) is 0. The molecule has 2 heterocycles. The summed E-state index contributed by atoms with van der Waals surface area (Å²) in [7, 11) is 1.77. The molecule has 1 aliphatic heterocycles. The minimum Gasteiger partial charge on any atom is -0.310 e. The summed E-state index contributed by atoms with van der Waals surface area (Å²) >= 11 is 1.52. The highest BCUT2D eigenvalue weighted by molar-refractivity contribution is 7.19. The van der Waals surface area contributed by atoms with E-state index < -0.39 is 0 Å². The Labute approximate surface area is 139 Å². The van der Waals surface area contributed by atoms with Crippen LogP contribution in [0.15, 0.2) is 36.5 Å². The zero-order valence-corrected chi connectivity index (χ0v) is 13.8. The number of amides is 1. The number of nitrogens with zero attached hydrogens (tertiary/aromatic N) is 4. The number of thiazole rings is 1. The summed E-state index contributed by atoms with van der Waals surface area (Å²) in [6, 6.07) is 10.0. The van der Waals surface area contributed by atoms with Crippen molar-refractivity contribution in [3.63, 3.8) is 0 Å². The van der Waals surface area contributed by atoms with Gasteiger partial charge >= 0.3 is 0 Å². The molecule has 1 saturated heterocycles. The Morgan fingerprint density at radius 1 is 1.48 bits per heavy atom. The fourth-order valence-corrected chi connectivity index (χ4v) is 3.64. The average molecular weight is 326 g/mol. The molecule has 1 atom stereocenters. The second-order valence-corrected chi connectivity index (χ2v) is 6.74. The molecule has 118 valence electrons. The van der Waals surface area contributed by atoms with Crippen LogP contribution in [0.2, 0.25) is 0 Å². The molecule has 2 aromatic rings.